The van der Waals surface area contributed by atoms with Crippen LogP contribution in [0.1, 0.15) is 31.8 Å². The van der Waals surface area contributed by atoms with Crippen molar-refractivity contribution in [3.63, 3.8) is 0 Å². The molecule has 36 heavy (non-hydrogen) atoms. The van der Waals surface area contributed by atoms with E-state index in [0.717, 1.165) is 16.3 Å². The average Bonchev–Trinajstić information content (AvgIpc) is 3.38. The van der Waals surface area contributed by atoms with E-state index in [0.29, 0.717) is 38.5 Å². The van der Waals surface area contributed by atoms with Crippen LogP contribution in [-0.2, 0) is 17.7 Å². The van der Waals surface area contributed by atoms with E-state index >= 15 is 0 Å². The third kappa shape index (κ3) is 6.26. The number of esters is 1. The first-order valence-corrected chi connectivity index (χ1v) is 12.6. The Labute approximate surface area is 223 Å². The molecule has 4 rings (SSSR count). The number of aromatic nitrogens is 2. The Morgan fingerprint density at radius 1 is 1.06 bits per heavy atom. The standard InChI is InChI=1S/C26H23Cl2N3O4S/c1-33-21-8-6-16(11-23(21)34-2)22(12-18-19(27)14-29-15-20(18)28)35-26(32)24-9-7-17(36-24)13-31-25-5-3-4-10-30-25/h3-11,14-15,22H,12-13H2,1-2H3,(H,30,31)/p+1/t22-/m0/s1. The molecule has 2 N–H and O–H groups in total. The second-order valence-corrected chi connectivity index (χ2v) is 9.66. The monoisotopic (exact) mass is 544 g/mol. The second kappa shape index (κ2) is 12.1. The number of benzene rings is 1. The van der Waals surface area contributed by atoms with Crippen LogP contribution in [0.3, 0.4) is 0 Å². The number of H-pyrrole nitrogens is 1. The van der Waals surface area contributed by atoms with Crippen LogP contribution in [0.4, 0.5) is 5.82 Å². The summed E-state index contributed by atoms with van der Waals surface area (Å²) < 4.78 is 16.8. The number of methoxy groups -OCH3 is 2. The lowest BCUT2D eigenvalue weighted by atomic mass is 10.0. The molecule has 1 atom stereocenters. The highest BCUT2D eigenvalue weighted by molar-refractivity contribution is 7.13. The average molecular weight is 545 g/mol. The molecular weight excluding hydrogens is 521 g/mol. The minimum absolute atomic E-state index is 0.271. The number of rotatable bonds is 10. The SMILES string of the molecule is COc1ccc([C@H](Cc2c(Cl)c[nH+]cc2Cl)OC(=O)c2ccc(CNc3ccccn3)s2)cc1OC. The van der Waals surface area contributed by atoms with Gasteiger partial charge in [-0.05, 0) is 42.0 Å². The molecule has 3 heterocycles. The van der Waals surface area contributed by atoms with Crippen LogP contribution in [-0.4, -0.2) is 25.2 Å². The molecule has 0 aliphatic carbocycles. The number of aromatic amines is 1. The molecule has 0 amide bonds. The number of hydrogen-bond donors (Lipinski definition) is 1. The van der Waals surface area contributed by atoms with Gasteiger partial charge in [-0.3, -0.25) is 0 Å². The molecule has 0 aliphatic rings. The summed E-state index contributed by atoms with van der Waals surface area (Å²) in [7, 11) is 3.11. The minimum atomic E-state index is -0.674. The maximum atomic E-state index is 13.2. The molecule has 10 heteroatoms. The Hall–Kier alpha value is -3.33. The molecule has 7 nitrogen and oxygen atoms in total. The van der Waals surface area contributed by atoms with Gasteiger partial charge in [-0.15, -0.1) is 11.3 Å². The molecule has 0 bridgehead atoms. The van der Waals surface area contributed by atoms with Crippen LogP contribution < -0.4 is 19.8 Å². The van der Waals surface area contributed by atoms with Gasteiger partial charge in [0.1, 0.15) is 26.8 Å². The molecule has 1 aromatic carbocycles. The number of halogens is 2. The van der Waals surface area contributed by atoms with Crippen molar-refractivity contribution in [1.82, 2.24) is 4.98 Å². The molecule has 0 saturated carbocycles. The Morgan fingerprint density at radius 2 is 1.83 bits per heavy atom. The highest BCUT2D eigenvalue weighted by Crippen LogP contribution is 2.35. The zero-order valence-corrected chi connectivity index (χ0v) is 21.9. The largest absolute Gasteiger partial charge is 0.493 e. The maximum Gasteiger partial charge on any atom is 0.348 e. The molecular formula is C26H24Cl2N3O4S+. The molecule has 0 aliphatic heterocycles. The van der Waals surface area contributed by atoms with Crippen LogP contribution in [0.15, 0.2) is 67.1 Å². The molecule has 0 fully saturated rings. The van der Waals surface area contributed by atoms with E-state index in [1.54, 1.807) is 51.0 Å². The fraction of sp³-hybridized carbons (Fsp3) is 0.192. The summed E-state index contributed by atoms with van der Waals surface area (Å²) in [5, 5.41) is 4.13. The van der Waals surface area contributed by atoms with Gasteiger partial charge < -0.3 is 19.5 Å². The fourth-order valence-corrected chi connectivity index (χ4v) is 4.91. The van der Waals surface area contributed by atoms with Crippen molar-refractivity contribution in [3.8, 4) is 11.5 Å². The molecule has 0 spiro atoms. The summed E-state index contributed by atoms with van der Waals surface area (Å²) in [6.45, 7) is 0.541. The summed E-state index contributed by atoms with van der Waals surface area (Å²) in [5.41, 5.74) is 1.38. The maximum absolute atomic E-state index is 13.2. The Bertz CT molecular complexity index is 1310. The van der Waals surface area contributed by atoms with Crippen LogP contribution in [0.5, 0.6) is 11.5 Å². The van der Waals surface area contributed by atoms with Crippen molar-refractivity contribution < 1.29 is 24.0 Å². The van der Waals surface area contributed by atoms with Gasteiger partial charge in [0.2, 0.25) is 0 Å². The summed E-state index contributed by atoms with van der Waals surface area (Å²) in [6, 6.07) is 14.7. The highest BCUT2D eigenvalue weighted by Gasteiger charge is 2.24. The molecule has 0 radical (unpaired) electrons. The first-order valence-electron chi connectivity index (χ1n) is 11.0. The van der Waals surface area contributed by atoms with Gasteiger partial charge >= 0.3 is 5.97 Å². The number of carbonyl (C=O) groups is 1. The van der Waals surface area contributed by atoms with Gasteiger partial charge in [-0.1, -0.05) is 35.3 Å². The number of anilines is 1. The highest BCUT2D eigenvalue weighted by atomic mass is 35.5. The van der Waals surface area contributed by atoms with E-state index in [4.69, 9.17) is 37.4 Å². The Kier molecular flexibility index (Phi) is 8.64. The van der Waals surface area contributed by atoms with E-state index in [-0.39, 0.29) is 6.42 Å². The number of hydrogen-bond acceptors (Lipinski definition) is 7. The van der Waals surface area contributed by atoms with Gasteiger partial charge in [0.15, 0.2) is 23.9 Å². The van der Waals surface area contributed by atoms with Crippen molar-refractivity contribution >= 4 is 46.3 Å². The van der Waals surface area contributed by atoms with E-state index in [1.165, 1.54) is 11.3 Å². The summed E-state index contributed by atoms with van der Waals surface area (Å²) in [6.07, 6.45) is 4.59. The number of carbonyl (C=O) groups excluding carboxylic acids is 1. The van der Waals surface area contributed by atoms with E-state index < -0.39 is 12.1 Å². The lowest BCUT2D eigenvalue weighted by molar-refractivity contribution is -0.377. The van der Waals surface area contributed by atoms with Gasteiger partial charge in [-0.2, -0.15) is 0 Å². The van der Waals surface area contributed by atoms with Gasteiger partial charge in [0, 0.05) is 23.1 Å². The van der Waals surface area contributed by atoms with Gasteiger partial charge in [0.05, 0.1) is 20.8 Å². The normalized spacial score (nSPS) is 11.6. The van der Waals surface area contributed by atoms with Crippen molar-refractivity contribution in [2.45, 2.75) is 19.1 Å². The van der Waals surface area contributed by atoms with Crippen LogP contribution in [0.2, 0.25) is 10.0 Å². The zero-order chi connectivity index (χ0) is 25.5. The van der Waals surface area contributed by atoms with E-state index in [2.05, 4.69) is 15.3 Å². The quantitative estimate of drug-likeness (QED) is 0.245. The molecule has 4 aromatic rings. The van der Waals surface area contributed by atoms with Crippen molar-refractivity contribution in [2.24, 2.45) is 0 Å². The predicted molar refractivity (Wildman–Crippen MR) is 140 cm³/mol. The van der Waals surface area contributed by atoms with E-state index in [1.807, 2.05) is 30.3 Å². The lowest BCUT2D eigenvalue weighted by Crippen LogP contribution is -2.15. The predicted octanol–water partition coefficient (Wildman–Crippen LogP) is 6.03. The van der Waals surface area contributed by atoms with E-state index in [9.17, 15) is 4.79 Å². The summed E-state index contributed by atoms with van der Waals surface area (Å²) >= 11 is 14.2. The first-order chi connectivity index (χ1) is 17.5. The number of nitrogens with zero attached hydrogens (tertiary/aromatic N) is 1. The smallest absolute Gasteiger partial charge is 0.348 e. The molecule has 0 unspecified atom stereocenters. The molecule has 3 aromatic heterocycles. The minimum Gasteiger partial charge on any atom is -0.493 e. The van der Waals surface area contributed by atoms with Crippen molar-refractivity contribution in [2.75, 3.05) is 19.5 Å². The number of pyridine rings is 2. The van der Waals surface area contributed by atoms with Gasteiger partial charge in [-0.25, -0.2) is 14.8 Å². The van der Waals surface area contributed by atoms with Crippen LogP contribution >= 0.6 is 34.5 Å². The Balaban J connectivity index is 1.56. The van der Waals surface area contributed by atoms with Crippen molar-refractivity contribution in [1.29, 1.82) is 0 Å². The topological polar surface area (TPSA) is 83.8 Å². The van der Waals surface area contributed by atoms with Crippen molar-refractivity contribution in [3.05, 3.63) is 98.0 Å². The Morgan fingerprint density at radius 3 is 2.53 bits per heavy atom. The van der Waals surface area contributed by atoms with Gasteiger partial charge in [0.25, 0.3) is 0 Å². The number of nitrogens with one attached hydrogen (secondary N) is 2. The lowest BCUT2D eigenvalue weighted by Gasteiger charge is -2.20. The van der Waals surface area contributed by atoms with Crippen LogP contribution in [0.25, 0.3) is 0 Å². The third-order valence-corrected chi connectivity index (χ3v) is 7.13. The summed E-state index contributed by atoms with van der Waals surface area (Å²) in [5.74, 6) is 1.41. The number of thiophene rings is 1. The second-order valence-electron chi connectivity index (χ2n) is 7.68. The number of ether oxygens (including phenoxy) is 3. The molecule has 186 valence electrons. The zero-order valence-electron chi connectivity index (χ0n) is 19.6. The fourth-order valence-electron chi connectivity index (χ4n) is 3.55. The third-order valence-electron chi connectivity index (χ3n) is 5.39. The molecule has 0 saturated heterocycles. The van der Waals surface area contributed by atoms with Crippen LogP contribution in [0, 0.1) is 0 Å². The first kappa shape index (κ1) is 25.8. The summed E-state index contributed by atoms with van der Waals surface area (Å²) in [4.78, 5) is 21.8.